The van der Waals surface area contributed by atoms with Gasteiger partial charge >= 0.3 is 5.97 Å². The van der Waals surface area contributed by atoms with E-state index in [1.165, 1.54) is 6.92 Å². The SMILES string of the molecule is CCCCC(CC#N)OC(C)=O. The van der Waals surface area contributed by atoms with Crippen LogP contribution in [0.25, 0.3) is 0 Å². The first-order chi connectivity index (χ1) is 5.70. The molecule has 3 nitrogen and oxygen atoms in total. The molecule has 0 saturated carbocycles. The summed E-state index contributed by atoms with van der Waals surface area (Å²) < 4.78 is 4.93. The molecule has 1 unspecified atom stereocenters. The van der Waals surface area contributed by atoms with Crippen LogP contribution in [-0.2, 0) is 9.53 Å². The van der Waals surface area contributed by atoms with Gasteiger partial charge in [-0.05, 0) is 6.42 Å². The number of unbranched alkanes of at least 4 members (excludes halogenated alkanes) is 1. The van der Waals surface area contributed by atoms with Gasteiger partial charge in [0.2, 0.25) is 0 Å². The number of hydrogen-bond acceptors (Lipinski definition) is 3. The highest BCUT2D eigenvalue weighted by Crippen LogP contribution is 2.08. The van der Waals surface area contributed by atoms with Crippen molar-refractivity contribution in [3.63, 3.8) is 0 Å². The lowest BCUT2D eigenvalue weighted by molar-refractivity contribution is -0.146. The molecule has 0 bridgehead atoms. The molecule has 0 aromatic rings. The highest BCUT2D eigenvalue weighted by atomic mass is 16.5. The number of ether oxygens (including phenoxy) is 1. The highest BCUT2D eigenvalue weighted by Gasteiger charge is 2.09. The Labute approximate surface area is 73.3 Å². The Hall–Kier alpha value is -1.04. The molecule has 0 aliphatic carbocycles. The van der Waals surface area contributed by atoms with Gasteiger partial charge in [0.15, 0.2) is 0 Å². The van der Waals surface area contributed by atoms with E-state index in [0.29, 0.717) is 6.42 Å². The van der Waals surface area contributed by atoms with Crippen molar-refractivity contribution in [3.8, 4) is 6.07 Å². The summed E-state index contributed by atoms with van der Waals surface area (Å²) in [6.45, 7) is 3.44. The zero-order valence-corrected chi connectivity index (χ0v) is 7.67. The predicted octanol–water partition coefficient (Wildman–Crippen LogP) is 2.02. The van der Waals surface area contributed by atoms with Gasteiger partial charge in [0.05, 0.1) is 12.5 Å². The van der Waals surface area contributed by atoms with Gasteiger partial charge in [0.1, 0.15) is 6.10 Å². The van der Waals surface area contributed by atoms with E-state index in [-0.39, 0.29) is 12.1 Å². The van der Waals surface area contributed by atoms with Gasteiger partial charge in [0, 0.05) is 6.92 Å². The Bertz CT molecular complexity index is 172. The summed E-state index contributed by atoms with van der Waals surface area (Å²) >= 11 is 0. The first-order valence-corrected chi connectivity index (χ1v) is 4.24. The minimum absolute atomic E-state index is 0.201. The molecule has 1 atom stereocenters. The molecular formula is C9H15NO2. The van der Waals surface area contributed by atoms with Gasteiger partial charge in [0.25, 0.3) is 0 Å². The molecule has 0 amide bonds. The molecule has 0 aliphatic heterocycles. The molecule has 0 N–H and O–H groups in total. The van der Waals surface area contributed by atoms with Gasteiger partial charge in [-0.3, -0.25) is 4.79 Å². The first kappa shape index (κ1) is 11.0. The van der Waals surface area contributed by atoms with Crippen molar-refractivity contribution in [2.24, 2.45) is 0 Å². The fourth-order valence-electron chi connectivity index (χ4n) is 0.971. The molecule has 0 heterocycles. The van der Waals surface area contributed by atoms with Crippen LogP contribution >= 0.6 is 0 Å². The number of nitrogens with zero attached hydrogens (tertiary/aromatic N) is 1. The molecule has 3 heteroatoms. The largest absolute Gasteiger partial charge is 0.461 e. The van der Waals surface area contributed by atoms with Crippen LogP contribution < -0.4 is 0 Å². The molecular weight excluding hydrogens is 154 g/mol. The molecule has 68 valence electrons. The highest BCUT2D eigenvalue weighted by molar-refractivity contribution is 5.66. The number of nitriles is 1. The summed E-state index contributed by atoms with van der Waals surface area (Å²) in [4.78, 5) is 10.6. The summed E-state index contributed by atoms with van der Waals surface area (Å²) in [7, 11) is 0. The number of carbonyl (C=O) groups excluding carboxylic acids is 1. The number of carbonyl (C=O) groups is 1. The Morgan fingerprint density at radius 3 is 2.75 bits per heavy atom. The summed E-state index contributed by atoms with van der Waals surface area (Å²) in [5.74, 6) is -0.300. The molecule has 0 spiro atoms. The average molecular weight is 169 g/mol. The maximum atomic E-state index is 10.6. The second kappa shape index (κ2) is 6.66. The number of rotatable bonds is 5. The predicted molar refractivity (Wildman–Crippen MR) is 45.3 cm³/mol. The molecule has 0 rings (SSSR count). The summed E-state index contributed by atoms with van der Waals surface area (Å²) in [5, 5.41) is 8.41. The Morgan fingerprint density at radius 2 is 2.33 bits per heavy atom. The Kier molecular flexibility index (Phi) is 6.08. The van der Waals surface area contributed by atoms with E-state index in [9.17, 15) is 4.79 Å². The van der Waals surface area contributed by atoms with Crippen molar-refractivity contribution in [2.45, 2.75) is 45.6 Å². The van der Waals surface area contributed by atoms with E-state index in [2.05, 4.69) is 6.92 Å². The maximum Gasteiger partial charge on any atom is 0.302 e. The number of hydrogen-bond donors (Lipinski definition) is 0. The Balaban J connectivity index is 3.71. The summed E-state index contributed by atoms with van der Waals surface area (Å²) in [5.41, 5.74) is 0. The fourth-order valence-corrected chi connectivity index (χ4v) is 0.971. The standard InChI is InChI=1S/C9H15NO2/c1-3-4-5-9(6-7-10)12-8(2)11/h9H,3-6H2,1-2H3. The van der Waals surface area contributed by atoms with Gasteiger partial charge in [-0.1, -0.05) is 19.8 Å². The average Bonchev–Trinajstić information content (AvgIpc) is 2.00. The first-order valence-electron chi connectivity index (χ1n) is 4.24. The minimum Gasteiger partial charge on any atom is -0.461 e. The van der Waals surface area contributed by atoms with Gasteiger partial charge < -0.3 is 4.74 Å². The van der Waals surface area contributed by atoms with Crippen LogP contribution in [0.15, 0.2) is 0 Å². The zero-order valence-electron chi connectivity index (χ0n) is 7.67. The van der Waals surface area contributed by atoms with Crippen LogP contribution in [0.2, 0.25) is 0 Å². The fraction of sp³-hybridized carbons (Fsp3) is 0.778. The van der Waals surface area contributed by atoms with Crippen LogP contribution in [0, 0.1) is 11.3 Å². The molecule has 0 fully saturated rings. The van der Waals surface area contributed by atoms with Crippen molar-refractivity contribution in [1.82, 2.24) is 0 Å². The molecule has 0 radical (unpaired) electrons. The Morgan fingerprint density at radius 1 is 1.67 bits per heavy atom. The maximum absolute atomic E-state index is 10.6. The molecule has 0 aromatic heterocycles. The van der Waals surface area contributed by atoms with Gasteiger partial charge in [-0.15, -0.1) is 0 Å². The lowest BCUT2D eigenvalue weighted by Crippen LogP contribution is -2.15. The molecule has 0 saturated heterocycles. The molecule has 12 heavy (non-hydrogen) atoms. The van der Waals surface area contributed by atoms with Crippen LogP contribution in [0.1, 0.15) is 39.5 Å². The second-order valence-electron chi connectivity index (χ2n) is 2.74. The van der Waals surface area contributed by atoms with E-state index >= 15 is 0 Å². The summed E-state index contributed by atoms with van der Waals surface area (Å²) in [6, 6.07) is 2.00. The van der Waals surface area contributed by atoms with E-state index in [0.717, 1.165) is 19.3 Å². The zero-order chi connectivity index (χ0) is 9.40. The lowest BCUT2D eigenvalue weighted by Gasteiger charge is -2.12. The van der Waals surface area contributed by atoms with Crippen molar-refractivity contribution >= 4 is 5.97 Å². The third kappa shape index (κ3) is 5.72. The smallest absolute Gasteiger partial charge is 0.302 e. The van der Waals surface area contributed by atoms with E-state index in [1.807, 2.05) is 6.07 Å². The monoisotopic (exact) mass is 169 g/mol. The van der Waals surface area contributed by atoms with E-state index < -0.39 is 0 Å². The minimum atomic E-state index is -0.300. The topological polar surface area (TPSA) is 50.1 Å². The van der Waals surface area contributed by atoms with Crippen LogP contribution in [0.4, 0.5) is 0 Å². The van der Waals surface area contributed by atoms with Crippen LogP contribution in [0.3, 0.4) is 0 Å². The van der Waals surface area contributed by atoms with Gasteiger partial charge in [-0.25, -0.2) is 0 Å². The van der Waals surface area contributed by atoms with Gasteiger partial charge in [-0.2, -0.15) is 5.26 Å². The third-order valence-corrected chi connectivity index (χ3v) is 1.53. The van der Waals surface area contributed by atoms with Crippen molar-refractivity contribution in [2.75, 3.05) is 0 Å². The van der Waals surface area contributed by atoms with Crippen molar-refractivity contribution in [3.05, 3.63) is 0 Å². The van der Waals surface area contributed by atoms with Crippen LogP contribution in [0.5, 0.6) is 0 Å². The lowest BCUT2D eigenvalue weighted by atomic mass is 10.1. The third-order valence-electron chi connectivity index (χ3n) is 1.53. The number of esters is 1. The van der Waals surface area contributed by atoms with Crippen molar-refractivity contribution < 1.29 is 9.53 Å². The molecule has 0 aliphatic rings. The summed E-state index contributed by atoms with van der Waals surface area (Å²) in [6.07, 6.45) is 2.96. The normalized spacial score (nSPS) is 11.8. The quantitative estimate of drug-likeness (QED) is 0.591. The van der Waals surface area contributed by atoms with E-state index in [1.54, 1.807) is 0 Å². The second-order valence-corrected chi connectivity index (χ2v) is 2.74. The van der Waals surface area contributed by atoms with Crippen molar-refractivity contribution in [1.29, 1.82) is 5.26 Å². The molecule has 0 aromatic carbocycles. The van der Waals surface area contributed by atoms with E-state index in [4.69, 9.17) is 10.00 Å². The van der Waals surface area contributed by atoms with Crippen LogP contribution in [-0.4, -0.2) is 12.1 Å².